The van der Waals surface area contributed by atoms with Crippen LogP contribution < -0.4 is 5.73 Å². The molecule has 1 amide bonds. The van der Waals surface area contributed by atoms with Crippen LogP contribution in [0.1, 0.15) is 52.0 Å². The van der Waals surface area contributed by atoms with Gasteiger partial charge in [0.05, 0.1) is 10.4 Å². The monoisotopic (exact) mass is 381 g/mol. The Balaban J connectivity index is 2.05. The van der Waals surface area contributed by atoms with Crippen LogP contribution >= 0.6 is 0 Å². The molecule has 6 nitrogen and oxygen atoms in total. The van der Waals surface area contributed by atoms with Crippen molar-refractivity contribution in [3.8, 4) is 0 Å². The number of sulfonamides is 1. The zero-order valence-electron chi connectivity index (χ0n) is 16.2. The summed E-state index contributed by atoms with van der Waals surface area (Å²) in [4.78, 5) is 14.6. The summed E-state index contributed by atoms with van der Waals surface area (Å²) in [5.74, 6) is 0.257. The van der Waals surface area contributed by atoms with E-state index < -0.39 is 15.6 Å². The number of hydrogen-bond donors (Lipinski definition) is 1. The topological polar surface area (TPSA) is 83.7 Å². The van der Waals surface area contributed by atoms with E-state index in [2.05, 4.69) is 13.8 Å². The van der Waals surface area contributed by atoms with Gasteiger partial charge < -0.3 is 10.6 Å². The van der Waals surface area contributed by atoms with Gasteiger partial charge in [-0.05, 0) is 37.0 Å². The fourth-order valence-electron chi connectivity index (χ4n) is 3.29. The van der Waals surface area contributed by atoms with Crippen molar-refractivity contribution in [1.29, 1.82) is 0 Å². The predicted molar refractivity (Wildman–Crippen MR) is 103 cm³/mol. The molecule has 2 N–H and O–H groups in total. The normalized spacial score (nSPS) is 18.8. The molecule has 146 valence electrons. The van der Waals surface area contributed by atoms with Crippen LogP contribution in [0.25, 0.3) is 0 Å². The molecule has 1 aromatic carbocycles. The molecular weight excluding hydrogens is 350 g/mol. The van der Waals surface area contributed by atoms with E-state index in [4.69, 9.17) is 5.73 Å². The maximum Gasteiger partial charge on any atom is 0.243 e. The van der Waals surface area contributed by atoms with Crippen LogP contribution in [0.4, 0.5) is 0 Å². The van der Waals surface area contributed by atoms with Gasteiger partial charge in [-0.15, -0.1) is 0 Å². The second kappa shape index (κ2) is 8.06. The zero-order valence-corrected chi connectivity index (χ0v) is 17.1. The van der Waals surface area contributed by atoms with Gasteiger partial charge in [0.1, 0.15) is 0 Å². The van der Waals surface area contributed by atoms with Crippen LogP contribution in [-0.4, -0.2) is 55.2 Å². The maximum atomic E-state index is 12.8. The van der Waals surface area contributed by atoms with Gasteiger partial charge in [0.15, 0.2) is 0 Å². The van der Waals surface area contributed by atoms with Gasteiger partial charge in [-0.1, -0.05) is 39.3 Å². The molecule has 0 radical (unpaired) electrons. The molecule has 0 aliphatic carbocycles. The highest BCUT2D eigenvalue weighted by molar-refractivity contribution is 7.89. The largest absolute Gasteiger partial charge is 0.338 e. The summed E-state index contributed by atoms with van der Waals surface area (Å²) in [5.41, 5.74) is 6.35. The number of piperazine rings is 1. The van der Waals surface area contributed by atoms with E-state index in [-0.39, 0.29) is 5.91 Å². The van der Waals surface area contributed by atoms with Gasteiger partial charge in [-0.25, -0.2) is 8.42 Å². The average molecular weight is 382 g/mol. The molecule has 1 heterocycles. The first-order valence-electron chi connectivity index (χ1n) is 9.28. The molecule has 0 aromatic heterocycles. The fourth-order valence-corrected chi connectivity index (χ4v) is 4.71. The van der Waals surface area contributed by atoms with Crippen molar-refractivity contribution < 1.29 is 13.2 Å². The van der Waals surface area contributed by atoms with Crippen molar-refractivity contribution in [3.63, 3.8) is 0 Å². The molecule has 0 spiro atoms. The molecule has 1 saturated heterocycles. The molecule has 0 bridgehead atoms. The van der Waals surface area contributed by atoms with Gasteiger partial charge in [0, 0.05) is 26.2 Å². The molecule has 7 heteroatoms. The van der Waals surface area contributed by atoms with Crippen LogP contribution in [-0.2, 0) is 14.8 Å². The van der Waals surface area contributed by atoms with Crippen molar-refractivity contribution in [1.82, 2.24) is 9.21 Å². The summed E-state index contributed by atoms with van der Waals surface area (Å²) in [6.45, 7) is 9.22. The van der Waals surface area contributed by atoms with Crippen molar-refractivity contribution in [2.24, 2.45) is 5.73 Å². The minimum Gasteiger partial charge on any atom is -0.338 e. The fraction of sp³-hybridized carbons (Fsp3) is 0.632. The number of carbonyl (C=O) groups excluding carboxylic acids is 1. The Morgan fingerprint density at radius 2 is 1.69 bits per heavy atom. The molecular formula is C19H31N3O3S. The summed E-state index contributed by atoms with van der Waals surface area (Å²) < 4.78 is 27.1. The number of amides is 1. The molecule has 1 aliphatic rings. The lowest BCUT2D eigenvalue weighted by Gasteiger charge is -2.38. The van der Waals surface area contributed by atoms with Gasteiger partial charge >= 0.3 is 0 Å². The highest BCUT2D eigenvalue weighted by atomic mass is 32.2. The number of carbonyl (C=O) groups is 1. The first kappa shape index (κ1) is 20.9. The second-order valence-corrected chi connectivity index (χ2v) is 9.53. The van der Waals surface area contributed by atoms with E-state index >= 15 is 0 Å². The van der Waals surface area contributed by atoms with E-state index in [1.807, 2.05) is 19.1 Å². The molecule has 1 aliphatic heterocycles. The van der Waals surface area contributed by atoms with E-state index in [9.17, 15) is 13.2 Å². The number of nitrogens with zero attached hydrogens (tertiary/aromatic N) is 2. The Hall–Kier alpha value is -1.44. The van der Waals surface area contributed by atoms with Crippen LogP contribution in [0.5, 0.6) is 0 Å². The van der Waals surface area contributed by atoms with E-state index in [1.54, 1.807) is 24.0 Å². The highest BCUT2D eigenvalue weighted by Crippen LogP contribution is 2.22. The van der Waals surface area contributed by atoms with Crippen LogP contribution in [0.2, 0.25) is 0 Å². The third-order valence-electron chi connectivity index (χ3n) is 4.97. The molecule has 26 heavy (non-hydrogen) atoms. The number of benzene rings is 1. The lowest BCUT2D eigenvalue weighted by atomic mass is 9.95. The lowest BCUT2D eigenvalue weighted by Crippen LogP contribution is -2.58. The predicted octanol–water partition coefficient (Wildman–Crippen LogP) is 2.16. The first-order valence-corrected chi connectivity index (χ1v) is 10.7. The Morgan fingerprint density at radius 3 is 2.15 bits per heavy atom. The number of rotatable bonds is 6. The standard InChI is InChI=1S/C19H31N3O3S/c1-5-10-19(4,20)18(23)21-11-13-22(14-12-21)26(24,25)17-8-6-16(7-9-17)15(2)3/h6-9,15H,5,10-14,20H2,1-4H3. The van der Waals surface area contributed by atoms with E-state index in [1.165, 1.54) is 4.31 Å². The second-order valence-electron chi connectivity index (χ2n) is 7.59. The molecule has 1 fully saturated rings. The first-order chi connectivity index (χ1) is 12.1. The van der Waals surface area contributed by atoms with Crippen LogP contribution in [0, 0.1) is 0 Å². The van der Waals surface area contributed by atoms with Crippen molar-refractivity contribution in [2.45, 2.75) is 56.9 Å². The van der Waals surface area contributed by atoms with Crippen molar-refractivity contribution >= 4 is 15.9 Å². The van der Waals surface area contributed by atoms with Gasteiger partial charge in [-0.2, -0.15) is 4.31 Å². The van der Waals surface area contributed by atoms with Gasteiger partial charge in [-0.3, -0.25) is 4.79 Å². The molecule has 1 unspecified atom stereocenters. The Morgan fingerprint density at radius 1 is 1.15 bits per heavy atom. The van der Waals surface area contributed by atoms with E-state index in [0.29, 0.717) is 43.4 Å². The Bertz CT molecular complexity index is 719. The minimum atomic E-state index is -3.54. The molecule has 1 atom stereocenters. The lowest BCUT2D eigenvalue weighted by molar-refractivity contribution is -0.137. The summed E-state index contributed by atoms with van der Waals surface area (Å²) in [6.07, 6.45) is 1.45. The van der Waals surface area contributed by atoms with Crippen molar-refractivity contribution in [3.05, 3.63) is 29.8 Å². The van der Waals surface area contributed by atoms with Crippen LogP contribution in [0.3, 0.4) is 0 Å². The SMILES string of the molecule is CCCC(C)(N)C(=O)N1CCN(S(=O)(=O)c2ccc(C(C)C)cc2)CC1. The molecule has 1 aromatic rings. The highest BCUT2D eigenvalue weighted by Gasteiger charge is 2.36. The summed E-state index contributed by atoms with van der Waals surface area (Å²) in [6, 6.07) is 7.06. The average Bonchev–Trinajstić information content (AvgIpc) is 2.61. The van der Waals surface area contributed by atoms with Gasteiger partial charge in [0.25, 0.3) is 0 Å². The summed E-state index contributed by atoms with van der Waals surface area (Å²) in [7, 11) is -3.54. The smallest absolute Gasteiger partial charge is 0.243 e. The molecule has 2 rings (SSSR count). The quantitative estimate of drug-likeness (QED) is 0.818. The van der Waals surface area contributed by atoms with Crippen LogP contribution in [0.15, 0.2) is 29.2 Å². The minimum absolute atomic E-state index is 0.0994. The zero-order chi connectivity index (χ0) is 19.5. The third kappa shape index (κ3) is 4.45. The number of hydrogen-bond acceptors (Lipinski definition) is 4. The summed E-state index contributed by atoms with van der Waals surface area (Å²) in [5, 5.41) is 0. The Labute approximate surface area is 157 Å². The third-order valence-corrected chi connectivity index (χ3v) is 6.88. The van der Waals surface area contributed by atoms with E-state index in [0.717, 1.165) is 12.0 Å². The molecule has 0 saturated carbocycles. The maximum absolute atomic E-state index is 12.8. The van der Waals surface area contributed by atoms with Gasteiger partial charge in [0.2, 0.25) is 15.9 Å². The van der Waals surface area contributed by atoms with Crippen molar-refractivity contribution in [2.75, 3.05) is 26.2 Å². The number of nitrogens with two attached hydrogens (primary N) is 1. The summed E-state index contributed by atoms with van der Waals surface area (Å²) >= 11 is 0. The Kier molecular flexibility index (Phi) is 6.47.